The molecule has 0 aromatic carbocycles. The number of amides is 2. The monoisotopic (exact) mass is 440 g/mol. The van der Waals surface area contributed by atoms with Crippen molar-refractivity contribution in [1.29, 1.82) is 0 Å². The first-order valence-electron chi connectivity index (χ1n) is 9.16. The number of hydrogen-bond donors (Lipinski definition) is 1. The zero-order valence-electron chi connectivity index (χ0n) is 17.1. The van der Waals surface area contributed by atoms with Crippen molar-refractivity contribution in [2.24, 2.45) is 5.92 Å². The molecule has 1 N–H and O–H groups in total. The largest absolute Gasteiger partial charge is 0.462 e. The predicted molar refractivity (Wildman–Crippen MR) is 113 cm³/mol. The van der Waals surface area contributed by atoms with E-state index in [1.165, 1.54) is 11.1 Å². The smallest absolute Gasteiger partial charge is 0.341 e. The van der Waals surface area contributed by atoms with E-state index in [4.69, 9.17) is 16.3 Å². The number of nitrogens with zero attached hydrogens (tertiary/aromatic N) is 3. The zero-order chi connectivity index (χ0) is 21.7. The van der Waals surface area contributed by atoms with Crippen LogP contribution in [0.15, 0.2) is 12.4 Å². The minimum Gasteiger partial charge on any atom is -0.462 e. The Morgan fingerprint density at radius 1 is 1.38 bits per heavy atom. The van der Waals surface area contributed by atoms with Crippen LogP contribution in [0.1, 0.15) is 45.9 Å². The number of carbonyl (C=O) groups excluding carboxylic acids is 3. The average Bonchev–Trinajstić information content (AvgIpc) is 3.21. The number of thiophene rings is 1. The van der Waals surface area contributed by atoms with Gasteiger partial charge in [-0.1, -0.05) is 25.4 Å². The van der Waals surface area contributed by atoms with Crippen LogP contribution in [-0.2, 0) is 16.1 Å². The van der Waals surface area contributed by atoms with Crippen molar-refractivity contribution in [1.82, 2.24) is 14.7 Å². The van der Waals surface area contributed by atoms with Crippen molar-refractivity contribution in [3.63, 3.8) is 0 Å². The van der Waals surface area contributed by atoms with Crippen LogP contribution in [0.25, 0.3) is 0 Å². The maximum atomic E-state index is 12.7. The lowest BCUT2D eigenvalue weighted by molar-refractivity contribution is -0.119. The van der Waals surface area contributed by atoms with Gasteiger partial charge < -0.3 is 15.0 Å². The fraction of sp³-hybridized carbons (Fsp3) is 0.474. The van der Waals surface area contributed by atoms with Crippen molar-refractivity contribution in [3.05, 3.63) is 33.4 Å². The normalized spacial score (nSPS) is 11.8. The van der Waals surface area contributed by atoms with Crippen molar-refractivity contribution in [2.45, 2.75) is 33.7 Å². The fourth-order valence-electron chi connectivity index (χ4n) is 2.56. The van der Waals surface area contributed by atoms with Gasteiger partial charge in [0.2, 0.25) is 5.91 Å². The van der Waals surface area contributed by atoms with Gasteiger partial charge in [-0.15, -0.1) is 11.3 Å². The van der Waals surface area contributed by atoms with E-state index >= 15 is 0 Å². The molecule has 29 heavy (non-hydrogen) atoms. The number of esters is 1. The lowest BCUT2D eigenvalue weighted by Crippen LogP contribution is -2.25. The van der Waals surface area contributed by atoms with E-state index in [1.54, 1.807) is 38.8 Å². The summed E-state index contributed by atoms with van der Waals surface area (Å²) in [6.45, 7) is 5.89. The number of nitrogens with one attached hydrogen (secondary N) is 1. The Hall–Kier alpha value is -2.39. The van der Waals surface area contributed by atoms with Crippen molar-refractivity contribution >= 4 is 45.7 Å². The van der Waals surface area contributed by atoms with Gasteiger partial charge in [-0.05, 0) is 18.9 Å². The van der Waals surface area contributed by atoms with Gasteiger partial charge >= 0.3 is 5.97 Å². The second-order valence-corrected chi connectivity index (χ2v) is 8.32. The summed E-state index contributed by atoms with van der Waals surface area (Å²) >= 11 is 6.93. The van der Waals surface area contributed by atoms with E-state index in [2.05, 4.69) is 10.4 Å². The first kappa shape index (κ1) is 22.9. The molecule has 10 heteroatoms. The molecule has 2 aromatic heterocycles. The minimum absolute atomic E-state index is 0.219. The lowest BCUT2D eigenvalue weighted by atomic mass is 10.1. The number of anilines is 1. The molecule has 1 unspecified atom stereocenters. The van der Waals surface area contributed by atoms with Crippen LogP contribution in [-0.4, -0.2) is 53.2 Å². The van der Waals surface area contributed by atoms with Gasteiger partial charge in [0.1, 0.15) is 5.00 Å². The maximum Gasteiger partial charge on any atom is 0.341 e. The third-order valence-electron chi connectivity index (χ3n) is 4.14. The molecule has 2 rings (SSSR count). The Kier molecular flexibility index (Phi) is 7.80. The molecule has 0 bridgehead atoms. The summed E-state index contributed by atoms with van der Waals surface area (Å²) in [6, 6.07) is 0. The van der Waals surface area contributed by atoms with Crippen LogP contribution in [0.2, 0.25) is 5.02 Å². The van der Waals surface area contributed by atoms with E-state index in [0.717, 1.165) is 11.3 Å². The first-order valence-corrected chi connectivity index (χ1v) is 10.4. The molecule has 0 spiro atoms. The second kappa shape index (κ2) is 9.89. The SMILES string of the molecule is CCCOC(=O)c1c(NC(=O)C(C)Cn2cc(Cl)cn2)sc(C(=O)N(C)C)c1C. The Labute approximate surface area is 178 Å². The number of hydrogen-bond acceptors (Lipinski definition) is 6. The highest BCUT2D eigenvalue weighted by Gasteiger charge is 2.28. The highest BCUT2D eigenvalue weighted by atomic mass is 35.5. The van der Waals surface area contributed by atoms with Gasteiger partial charge in [0.05, 0.1) is 40.7 Å². The summed E-state index contributed by atoms with van der Waals surface area (Å²) in [7, 11) is 3.26. The quantitative estimate of drug-likeness (QED) is 0.634. The Morgan fingerprint density at radius 2 is 2.07 bits per heavy atom. The Bertz CT molecular complexity index is 906. The number of ether oxygens (including phenoxy) is 1. The summed E-state index contributed by atoms with van der Waals surface area (Å²) < 4.78 is 6.83. The standard InChI is InChI=1S/C19H25ClN4O4S/c1-6-7-28-19(27)14-12(3)15(18(26)23(4)5)29-17(14)22-16(25)11(2)9-24-10-13(20)8-21-24/h8,10-11H,6-7,9H2,1-5H3,(H,22,25). The first-order chi connectivity index (χ1) is 13.6. The summed E-state index contributed by atoms with van der Waals surface area (Å²) in [5, 5.41) is 7.65. The molecule has 0 aliphatic rings. The van der Waals surface area contributed by atoms with Crippen LogP contribution < -0.4 is 5.32 Å². The topological polar surface area (TPSA) is 93.5 Å². The molecule has 2 heterocycles. The van der Waals surface area contributed by atoms with E-state index in [0.29, 0.717) is 33.4 Å². The average molecular weight is 441 g/mol. The summed E-state index contributed by atoms with van der Waals surface area (Å²) in [6.07, 6.45) is 3.79. The molecule has 0 saturated heterocycles. The van der Waals surface area contributed by atoms with E-state index in [9.17, 15) is 14.4 Å². The van der Waals surface area contributed by atoms with E-state index in [1.807, 2.05) is 6.92 Å². The highest BCUT2D eigenvalue weighted by Crippen LogP contribution is 2.34. The molecule has 2 aromatic rings. The van der Waals surface area contributed by atoms with Crippen LogP contribution in [0.5, 0.6) is 0 Å². The van der Waals surface area contributed by atoms with E-state index < -0.39 is 11.9 Å². The van der Waals surface area contributed by atoms with Gasteiger partial charge in [-0.3, -0.25) is 14.3 Å². The highest BCUT2D eigenvalue weighted by molar-refractivity contribution is 7.18. The molecule has 158 valence electrons. The minimum atomic E-state index is -0.555. The van der Waals surface area contributed by atoms with Crippen molar-refractivity contribution < 1.29 is 19.1 Å². The van der Waals surface area contributed by atoms with Gasteiger partial charge in [-0.2, -0.15) is 5.10 Å². The lowest BCUT2D eigenvalue weighted by Gasteiger charge is -2.12. The van der Waals surface area contributed by atoms with Gasteiger partial charge in [0, 0.05) is 20.3 Å². The van der Waals surface area contributed by atoms with Crippen LogP contribution in [0.4, 0.5) is 5.00 Å². The van der Waals surface area contributed by atoms with Gasteiger partial charge in [0.15, 0.2) is 0 Å². The van der Waals surface area contributed by atoms with Crippen LogP contribution >= 0.6 is 22.9 Å². The number of halogens is 1. The van der Waals surface area contributed by atoms with Crippen molar-refractivity contribution in [2.75, 3.05) is 26.0 Å². The molecule has 8 nitrogen and oxygen atoms in total. The second-order valence-electron chi connectivity index (χ2n) is 6.87. The molecule has 2 amide bonds. The molecular weight excluding hydrogens is 416 g/mol. The molecule has 0 radical (unpaired) electrons. The van der Waals surface area contributed by atoms with Gasteiger partial charge in [-0.25, -0.2) is 4.79 Å². The Balaban J connectivity index is 2.28. The number of carbonyl (C=O) groups is 3. The number of rotatable bonds is 8. The summed E-state index contributed by atoms with van der Waals surface area (Å²) in [5.74, 6) is -1.54. The molecule has 1 atom stereocenters. The van der Waals surface area contributed by atoms with E-state index in [-0.39, 0.29) is 24.0 Å². The molecule has 0 fully saturated rings. The maximum absolute atomic E-state index is 12.7. The third kappa shape index (κ3) is 5.57. The Morgan fingerprint density at radius 3 is 2.62 bits per heavy atom. The van der Waals surface area contributed by atoms with Crippen molar-refractivity contribution in [3.8, 4) is 0 Å². The summed E-state index contributed by atoms with van der Waals surface area (Å²) in [4.78, 5) is 39.6. The molecule has 0 aliphatic carbocycles. The summed E-state index contributed by atoms with van der Waals surface area (Å²) in [5.41, 5.74) is 0.716. The van der Waals surface area contributed by atoms with Gasteiger partial charge in [0.25, 0.3) is 5.91 Å². The molecule has 0 saturated carbocycles. The number of aromatic nitrogens is 2. The van der Waals surface area contributed by atoms with Crippen LogP contribution in [0, 0.1) is 12.8 Å². The molecule has 0 aliphatic heterocycles. The predicted octanol–water partition coefficient (Wildman–Crippen LogP) is 3.45. The third-order valence-corrected chi connectivity index (χ3v) is 5.53. The molecular formula is C19H25ClN4O4S. The zero-order valence-corrected chi connectivity index (χ0v) is 18.7. The van der Waals surface area contributed by atoms with Crippen LogP contribution in [0.3, 0.4) is 0 Å². The fourth-order valence-corrected chi connectivity index (χ4v) is 3.93.